The molecule has 0 radical (unpaired) electrons. The number of aromatic amines is 1. The molecule has 0 saturated heterocycles. The van der Waals surface area contributed by atoms with Crippen LogP contribution < -0.4 is 4.74 Å². The van der Waals surface area contributed by atoms with Gasteiger partial charge in [0.2, 0.25) is 0 Å². The van der Waals surface area contributed by atoms with E-state index in [1.54, 1.807) is 7.11 Å². The summed E-state index contributed by atoms with van der Waals surface area (Å²) in [5.41, 5.74) is 2.05. The molecule has 0 spiro atoms. The van der Waals surface area contributed by atoms with E-state index >= 15 is 0 Å². The topological polar surface area (TPSA) is 37.9 Å². The molecule has 0 atom stereocenters. The molecule has 2 aromatic rings. The smallest absolute Gasteiger partial charge is 0.144 e. The molecule has 18 heavy (non-hydrogen) atoms. The minimum atomic E-state index is 0.580. The number of H-pyrrole nitrogens is 1. The lowest BCUT2D eigenvalue weighted by Crippen LogP contribution is -1.97. The predicted molar refractivity (Wildman–Crippen MR) is 78.5 cm³/mol. The molecule has 5 heteroatoms. The highest BCUT2D eigenvalue weighted by Crippen LogP contribution is 2.23. The number of methoxy groups -OCH3 is 1. The molecule has 0 saturated carbocycles. The third-order valence-corrected chi connectivity index (χ3v) is 4.06. The molecule has 0 amide bonds. The third kappa shape index (κ3) is 2.62. The Labute approximate surface area is 119 Å². The number of hydrogen-bond acceptors (Lipinski definition) is 3. The number of rotatable bonds is 3. The highest BCUT2D eigenvalue weighted by Gasteiger charge is 2.06. The summed E-state index contributed by atoms with van der Waals surface area (Å²) < 4.78 is 6.59. The average molecular weight is 325 g/mol. The monoisotopic (exact) mass is 324 g/mol. The van der Waals surface area contributed by atoms with Gasteiger partial charge in [0.25, 0.3) is 0 Å². The molecule has 1 heterocycles. The van der Waals surface area contributed by atoms with Crippen molar-refractivity contribution in [1.82, 2.24) is 9.97 Å². The van der Waals surface area contributed by atoms with E-state index in [1.165, 1.54) is 0 Å². The van der Waals surface area contributed by atoms with Crippen molar-refractivity contribution in [3.63, 3.8) is 0 Å². The number of ether oxygens (including phenoxy) is 1. The number of nitrogens with zero attached hydrogens (tertiary/aromatic N) is 1. The Morgan fingerprint density at radius 3 is 2.56 bits per heavy atom. The Morgan fingerprint density at radius 2 is 2.00 bits per heavy atom. The maximum Gasteiger partial charge on any atom is 0.144 e. The first-order valence-electron chi connectivity index (χ1n) is 5.58. The fourth-order valence-corrected chi connectivity index (χ4v) is 2.32. The predicted octanol–water partition coefficient (Wildman–Crippen LogP) is 4.14. The van der Waals surface area contributed by atoms with E-state index in [0.29, 0.717) is 4.64 Å². The molecule has 2 rings (SSSR count). The van der Waals surface area contributed by atoms with Gasteiger partial charge in [0.1, 0.15) is 16.2 Å². The lowest BCUT2D eigenvalue weighted by molar-refractivity contribution is 0.415. The van der Waals surface area contributed by atoms with Crippen LogP contribution in [-0.2, 0) is 6.42 Å². The Bertz CT molecular complexity index is 607. The van der Waals surface area contributed by atoms with Gasteiger partial charge in [-0.2, -0.15) is 0 Å². The van der Waals surface area contributed by atoms with Crippen molar-refractivity contribution in [3.05, 3.63) is 39.1 Å². The van der Waals surface area contributed by atoms with Crippen molar-refractivity contribution >= 4 is 28.1 Å². The van der Waals surface area contributed by atoms with E-state index in [2.05, 4.69) is 32.8 Å². The van der Waals surface area contributed by atoms with E-state index in [9.17, 15) is 0 Å². The largest absolute Gasteiger partial charge is 0.497 e. The quantitative estimate of drug-likeness (QED) is 0.862. The van der Waals surface area contributed by atoms with Gasteiger partial charge in [-0.3, -0.25) is 0 Å². The molecule has 3 nitrogen and oxygen atoms in total. The van der Waals surface area contributed by atoms with Gasteiger partial charge in [-0.05, 0) is 46.6 Å². The molecule has 0 aliphatic heterocycles. The van der Waals surface area contributed by atoms with Crippen LogP contribution in [0.15, 0.2) is 28.7 Å². The van der Waals surface area contributed by atoms with E-state index in [1.807, 2.05) is 24.3 Å². The fraction of sp³-hybridized carbons (Fsp3) is 0.231. The van der Waals surface area contributed by atoms with E-state index in [-0.39, 0.29) is 0 Å². The van der Waals surface area contributed by atoms with Gasteiger partial charge in [-0.15, -0.1) is 0 Å². The summed E-state index contributed by atoms with van der Waals surface area (Å²) in [6.07, 6.45) is 0.871. The number of benzene rings is 1. The van der Waals surface area contributed by atoms with Crippen molar-refractivity contribution in [1.29, 1.82) is 0 Å². The van der Waals surface area contributed by atoms with Gasteiger partial charge in [0, 0.05) is 11.3 Å². The van der Waals surface area contributed by atoms with Gasteiger partial charge in [-0.1, -0.05) is 19.1 Å². The summed E-state index contributed by atoms with van der Waals surface area (Å²) in [7, 11) is 1.65. The van der Waals surface area contributed by atoms with Gasteiger partial charge in [0.05, 0.1) is 11.6 Å². The minimum absolute atomic E-state index is 0.580. The molecule has 1 aromatic heterocycles. The van der Waals surface area contributed by atoms with Crippen molar-refractivity contribution < 1.29 is 4.74 Å². The lowest BCUT2D eigenvalue weighted by Gasteiger charge is -2.07. The molecule has 1 aromatic carbocycles. The van der Waals surface area contributed by atoms with E-state index in [4.69, 9.17) is 17.0 Å². The number of hydrogen-bond donors (Lipinski definition) is 1. The first-order valence-corrected chi connectivity index (χ1v) is 6.79. The first-order chi connectivity index (χ1) is 8.65. The summed E-state index contributed by atoms with van der Waals surface area (Å²) in [6, 6.07) is 7.72. The van der Waals surface area contributed by atoms with Crippen LogP contribution in [0.2, 0.25) is 0 Å². The molecule has 0 aliphatic rings. The second-order valence-corrected chi connectivity index (χ2v) is 4.94. The maximum absolute atomic E-state index is 5.24. The minimum Gasteiger partial charge on any atom is -0.497 e. The number of halogens is 1. The summed E-state index contributed by atoms with van der Waals surface area (Å²) in [5, 5.41) is 0. The maximum atomic E-state index is 5.24. The summed E-state index contributed by atoms with van der Waals surface area (Å²) in [5.74, 6) is 1.60. The fourth-order valence-electron chi connectivity index (χ4n) is 1.63. The SMILES string of the molecule is CCc1[nH]c(-c2ccc(OC)cc2)nc(=S)c1Br. The molecule has 94 valence electrons. The van der Waals surface area contributed by atoms with E-state index in [0.717, 1.165) is 33.7 Å². The molecule has 0 bridgehead atoms. The molecule has 1 N–H and O–H groups in total. The van der Waals surface area contributed by atoms with Gasteiger partial charge < -0.3 is 9.72 Å². The zero-order valence-corrected chi connectivity index (χ0v) is 12.6. The van der Waals surface area contributed by atoms with Crippen molar-refractivity contribution in [2.24, 2.45) is 0 Å². The average Bonchev–Trinajstić information content (AvgIpc) is 2.42. The van der Waals surface area contributed by atoms with Crippen LogP contribution >= 0.6 is 28.1 Å². The van der Waals surface area contributed by atoms with Gasteiger partial charge in [-0.25, -0.2) is 4.98 Å². The first kappa shape index (κ1) is 13.2. The zero-order valence-electron chi connectivity index (χ0n) is 10.2. The van der Waals surface area contributed by atoms with E-state index < -0.39 is 0 Å². The molecular formula is C13H13BrN2OS. The van der Waals surface area contributed by atoms with Crippen molar-refractivity contribution in [2.45, 2.75) is 13.3 Å². The van der Waals surface area contributed by atoms with Crippen molar-refractivity contribution in [3.8, 4) is 17.1 Å². The zero-order chi connectivity index (χ0) is 13.1. The van der Waals surface area contributed by atoms with Crippen molar-refractivity contribution in [2.75, 3.05) is 7.11 Å². The summed E-state index contributed by atoms with van der Waals surface area (Å²) in [4.78, 5) is 7.67. The van der Waals surface area contributed by atoms with Gasteiger partial charge in [0.15, 0.2) is 0 Å². The lowest BCUT2D eigenvalue weighted by atomic mass is 10.2. The van der Waals surface area contributed by atoms with Crippen LogP contribution in [-0.4, -0.2) is 17.1 Å². The van der Waals surface area contributed by atoms with Gasteiger partial charge >= 0.3 is 0 Å². The summed E-state index contributed by atoms with van der Waals surface area (Å²) in [6.45, 7) is 2.07. The summed E-state index contributed by atoms with van der Waals surface area (Å²) >= 11 is 8.69. The van der Waals surface area contributed by atoms with Crippen LogP contribution in [0.4, 0.5) is 0 Å². The van der Waals surface area contributed by atoms with Crippen LogP contribution in [0.3, 0.4) is 0 Å². The number of nitrogens with one attached hydrogen (secondary N) is 1. The molecule has 0 unspecified atom stereocenters. The Kier molecular flexibility index (Phi) is 4.14. The normalized spacial score (nSPS) is 10.4. The number of aryl methyl sites for hydroxylation is 1. The van der Waals surface area contributed by atoms with Crippen LogP contribution in [0, 0.1) is 4.64 Å². The molecular weight excluding hydrogens is 312 g/mol. The second kappa shape index (κ2) is 5.63. The van der Waals surface area contributed by atoms with Crippen LogP contribution in [0.5, 0.6) is 5.75 Å². The Hall–Kier alpha value is -1.20. The Morgan fingerprint density at radius 1 is 1.33 bits per heavy atom. The molecule has 0 fully saturated rings. The Balaban J connectivity index is 2.50. The number of aromatic nitrogens is 2. The van der Waals surface area contributed by atoms with Crippen LogP contribution in [0.1, 0.15) is 12.6 Å². The second-order valence-electron chi connectivity index (χ2n) is 3.77. The molecule has 0 aliphatic carbocycles. The third-order valence-electron chi connectivity index (χ3n) is 2.65. The van der Waals surface area contributed by atoms with Crippen LogP contribution in [0.25, 0.3) is 11.4 Å². The highest BCUT2D eigenvalue weighted by atomic mass is 79.9. The highest BCUT2D eigenvalue weighted by molar-refractivity contribution is 9.10. The standard InChI is InChI=1S/C13H13BrN2OS/c1-3-10-11(14)13(18)16-12(15-10)8-4-6-9(17-2)7-5-8/h4-7H,3H2,1-2H3,(H,15,16,18).